The van der Waals surface area contributed by atoms with Gasteiger partial charge in [-0.1, -0.05) is 18.2 Å². The molecule has 1 aromatic carbocycles. The lowest BCUT2D eigenvalue weighted by Crippen LogP contribution is -2.42. The number of pyridine rings is 1. The number of hydrogen-bond donors (Lipinski definition) is 1. The van der Waals surface area contributed by atoms with E-state index in [0.29, 0.717) is 25.9 Å². The van der Waals surface area contributed by atoms with E-state index in [9.17, 15) is 30.4 Å². The normalized spacial score (nSPS) is 15.9. The smallest absolute Gasteiger partial charge is 0.269 e. The first-order valence-electron chi connectivity index (χ1n) is 11.2. The van der Waals surface area contributed by atoms with Crippen LogP contribution in [0.4, 0.5) is 14.7 Å². The van der Waals surface area contributed by atoms with Crippen molar-refractivity contribution in [1.82, 2.24) is 18.8 Å². The first-order chi connectivity index (χ1) is 17.3. The van der Waals surface area contributed by atoms with Crippen LogP contribution in [0.25, 0.3) is 16.7 Å². The van der Waals surface area contributed by atoms with Crippen molar-refractivity contribution in [1.29, 1.82) is 0 Å². The third-order valence-electron chi connectivity index (χ3n) is 5.92. The molecular weight excluding hydrogens is 532 g/mol. The molecule has 3 heterocycles. The van der Waals surface area contributed by atoms with E-state index in [0.717, 1.165) is 23.1 Å². The van der Waals surface area contributed by atoms with Crippen LogP contribution in [0, 0.1) is 0 Å². The first kappa shape index (κ1) is 27.0. The zero-order chi connectivity index (χ0) is 27.0. The third kappa shape index (κ3) is 6.29. The van der Waals surface area contributed by atoms with Gasteiger partial charge in [-0.05, 0) is 25.0 Å². The second-order valence-electron chi connectivity index (χ2n) is 8.69. The largest absolute Gasteiger partial charge is 0.351 e. The number of benzene rings is 1. The van der Waals surface area contributed by atoms with E-state index in [1.165, 1.54) is 22.6 Å². The number of hydrogen-bond acceptors (Lipinski definition) is 9. The van der Waals surface area contributed by atoms with Gasteiger partial charge in [-0.3, -0.25) is 13.5 Å². The Morgan fingerprint density at radius 1 is 1.14 bits per heavy atom. The summed E-state index contributed by atoms with van der Waals surface area (Å²) in [6.07, 6.45) is 1.27. The van der Waals surface area contributed by atoms with Gasteiger partial charge in [0.25, 0.3) is 22.1 Å². The Morgan fingerprint density at radius 2 is 1.81 bits per heavy atom. The summed E-state index contributed by atoms with van der Waals surface area (Å²) < 4.78 is 81.3. The van der Waals surface area contributed by atoms with Crippen LogP contribution in [0.5, 0.6) is 0 Å². The fourth-order valence-corrected chi connectivity index (χ4v) is 5.32. The van der Waals surface area contributed by atoms with Crippen molar-refractivity contribution < 1.29 is 29.8 Å². The van der Waals surface area contributed by atoms with Gasteiger partial charge < -0.3 is 5.32 Å². The fourth-order valence-electron chi connectivity index (χ4n) is 4.10. The monoisotopic (exact) mass is 557 g/mol. The van der Waals surface area contributed by atoms with Gasteiger partial charge in [-0.15, -0.1) is 0 Å². The molecule has 0 atom stereocenters. The molecule has 0 spiro atoms. The van der Waals surface area contributed by atoms with E-state index in [4.69, 9.17) is 4.18 Å². The minimum atomic E-state index is -3.82. The number of aromatic nitrogens is 3. The Bertz CT molecular complexity index is 1590. The molecule has 4 rings (SSSR count). The molecule has 1 aliphatic rings. The highest BCUT2D eigenvalue weighted by Gasteiger charge is 2.26. The molecule has 1 aliphatic heterocycles. The van der Waals surface area contributed by atoms with Gasteiger partial charge in [-0.25, -0.2) is 26.5 Å². The summed E-state index contributed by atoms with van der Waals surface area (Å²) in [5.74, 6) is 0.133. The van der Waals surface area contributed by atoms with Crippen molar-refractivity contribution in [2.75, 3.05) is 30.9 Å². The minimum absolute atomic E-state index is 0.0345. The summed E-state index contributed by atoms with van der Waals surface area (Å²) in [6.45, 7) is 0.220. The Balaban J connectivity index is 1.77. The molecule has 11 nitrogen and oxygen atoms in total. The second-order valence-corrected chi connectivity index (χ2v) is 12.3. The van der Waals surface area contributed by atoms with Gasteiger partial charge in [0, 0.05) is 36.3 Å². The van der Waals surface area contributed by atoms with Crippen LogP contribution in [-0.2, 0) is 30.9 Å². The standard InChI is InChI=1S/C22H25F2N5O6S2/c1-36(31,32)28-9-7-16(8-10-28)26-22-25-12-15-11-17(19(23)24)21(30)29(20(15)27-22)18-6-4-3-5-14(18)13-35-37(2,33)34/h3-6,11-12,16,19H,7-10,13H2,1-2H3,(H,25,26,27). The summed E-state index contributed by atoms with van der Waals surface area (Å²) in [6, 6.07) is 7.05. The summed E-state index contributed by atoms with van der Waals surface area (Å²) in [7, 11) is -7.11. The summed E-state index contributed by atoms with van der Waals surface area (Å²) in [4.78, 5) is 21.8. The molecule has 0 unspecified atom stereocenters. The minimum Gasteiger partial charge on any atom is -0.351 e. The van der Waals surface area contributed by atoms with Crippen molar-refractivity contribution in [3.05, 3.63) is 58.0 Å². The van der Waals surface area contributed by atoms with Crippen molar-refractivity contribution in [2.24, 2.45) is 0 Å². The Labute approximate surface area is 212 Å². The van der Waals surface area contributed by atoms with Crippen molar-refractivity contribution >= 4 is 37.1 Å². The number of sulfonamides is 1. The molecule has 0 saturated carbocycles. The number of nitrogens with zero attached hydrogens (tertiary/aromatic N) is 4. The lowest BCUT2D eigenvalue weighted by atomic mass is 10.1. The van der Waals surface area contributed by atoms with E-state index in [-0.39, 0.29) is 34.3 Å². The van der Waals surface area contributed by atoms with Crippen LogP contribution in [0.15, 0.2) is 41.3 Å². The number of piperidine rings is 1. The summed E-state index contributed by atoms with van der Waals surface area (Å²) in [5, 5.41) is 3.30. The van der Waals surface area contributed by atoms with E-state index < -0.39 is 44.3 Å². The van der Waals surface area contributed by atoms with E-state index in [1.807, 2.05) is 0 Å². The molecule has 1 fully saturated rings. The van der Waals surface area contributed by atoms with Crippen molar-refractivity contribution in [3.8, 4) is 5.69 Å². The third-order valence-corrected chi connectivity index (χ3v) is 7.77. The molecule has 0 bridgehead atoms. The number of alkyl halides is 2. The predicted octanol–water partition coefficient (Wildman–Crippen LogP) is 2.03. The topological polar surface area (TPSA) is 141 Å². The molecule has 1 N–H and O–H groups in total. The maximum atomic E-state index is 13.7. The molecule has 0 radical (unpaired) electrons. The van der Waals surface area contributed by atoms with E-state index in [1.54, 1.807) is 12.1 Å². The average molecular weight is 558 g/mol. The lowest BCUT2D eigenvalue weighted by molar-refractivity contribution is 0.149. The number of fused-ring (bicyclic) bond motifs is 1. The number of halogens is 2. The molecule has 0 amide bonds. The van der Waals surface area contributed by atoms with Crippen LogP contribution in [-0.4, -0.2) is 67.3 Å². The van der Waals surface area contributed by atoms with Crippen LogP contribution >= 0.6 is 0 Å². The van der Waals surface area contributed by atoms with E-state index >= 15 is 0 Å². The number of rotatable bonds is 8. The second kappa shape index (κ2) is 10.4. The maximum Gasteiger partial charge on any atom is 0.269 e. The predicted molar refractivity (Wildman–Crippen MR) is 133 cm³/mol. The Kier molecular flexibility index (Phi) is 7.60. The molecule has 15 heteroatoms. The molecule has 1 saturated heterocycles. The first-order valence-corrected chi connectivity index (χ1v) is 14.8. The molecule has 2 aromatic heterocycles. The van der Waals surface area contributed by atoms with Crippen LogP contribution in [0.1, 0.15) is 30.4 Å². The molecule has 0 aliphatic carbocycles. The fraction of sp³-hybridized carbons (Fsp3) is 0.409. The highest BCUT2D eigenvalue weighted by Crippen LogP contribution is 2.25. The van der Waals surface area contributed by atoms with Gasteiger partial charge in [-0.2, -0.15) is 13.4 Å². The average Bonchev–Trinajstić information content (AvgIpc) is 2.82. The highest BCUT2D eigenvalue weighted by molar-refractivity contribution is 7.88. The molecule has 37 heavy (non-hydrogen) atoms. The Hall–Kier alpha value is -3.01. The molecule has 3 aromatic rings. The van der Waals surface area contributed by atoms with Crippen molar-refractivity contribution in [3.63, 3.8) is 0 Å². The maximum absolute atomic E-state index is 13.7. The van der Waals surface area contributed by atoms with Crippen LogP contribution in [0.2, 0.25) is 0 Å². The van der Waals surface area contributed by atoms with Gasteiger partial charge in [0.2, 0.25) is 16.0 Å². The number of para-hydroxylation sites is 1. The number of nitrogens with one attached hydrogen (secondary N) is 1. The van der Waals surface area contributed by atoms with Crippen molar-refractivity contribution in [2.45, 2.75) is 31.9 Å². The van der Waals surface area contributed by atoms with Gasteiger partial charge >= 0.3 is 0 Å². The Morgan fingerprint density at radius 3 is 2.43 bits per heavy atom. The van der Waals surface area contributed by atoms with Gasteiger partial charge in [0.1, 0.15) is 0 Å². The highest BCUT2D eigenvalue weighted by atomic mass is 32.2. The SMILES string of the molecule is CS(=O)(=O)OCc1ccccc1-n1c(=O)c(C(F)F)cc2cnc(NC3CCN(S(C)(=O)=O)CC3)nc21. The van der Waals surface area contributed by atoms with Gasteiger partial charge in [0.05, 0.1) is 30.4 Å². The zero-order valence-electron chi connectivity index (χ0n) is 20.0. The molecular formula is C22H25F2N5O6S2. The lowest BCUT2D eigenvalue weighted by Gasteiger charge is -2.30. The van der Waals surface area contributed by atoms with Gasteiger partial charge in [0.15, 0.2) is 5.65 Å². The summed E-state index contributed by atoms with van der Waals surface area (Å²) >= 11 is 0. The summed E-state index contributed by atoms with van der Waals surface area (Å²) in [5.41, 5.74) is -1.34. The van der Waals surface area contributed by atoms with Crippen LogP contribution < -0.4 is 10.9 Å². The quantitative estimate of drug-likeness (QED) is 0.412. The zero-order valence-corrected chi connectivity index (χ0v) is 21.6. The number of anilines is 1. The van der Waals surface area contributed by atoms with Crippen LogP contribution in [0.3, 0.4) is 0 Å². The van der Waals surface area contributed by atoms with E-state index in [2.05, 4.69) is 15.3 Å². The molecule has 200 valence electrons.